The fraction of sp³-hybridized carbons (Fsp3) is 0.824. The lowest BCUT2D eigenvalue weighted by Gasteiger charge is -2.48. The molecule has 134 valence electrons. The van der Waals surface area contributed by atoms with Crippen molar-refractivity contribution in [3.8, 4) is 0 Å². The first-order chi connectivity index (χ1) is 11.3. The third-order valence-electron chi connectivity index (χ3n) is 4.87. The maximum Gasteiger partial charge on any atom is 0.230 e. The molecule has 0 radical (unpaired) electrons. The van der Waals surface area contributed by atoms with Crippen molar-refractivity contribution in [2.45, 2.75) is 57.7 Å². The van der Waals surface area contributed by atoms with Gasteiger partial charge in [-0.05, 0) is 40.5 Å². The Bertz CT molecular complexity index is 554. The first-order valence-corrected chi connectivity index (χ1v) is 8.80. The van der Waals surface area contributed by atoms with Crippen molar-refractivity contribution in [2.75, 3.05) is 43.2 Å². The van der Waals surface area contributed by atoms with E-state index in [-0.39, 0.29) is 11.1 Å². The first kappa shape index (κ1) is 17.4. The number of morpholine rings is 1. The molecule has 0 aliphatic carbocycles. The number of nitrogens with zero attached hydrogens (tertiary/aromatic N) is 5. The molecule has 7 heteroatoms. The molecule has 3 rings (SSSR count). The summed E-state index contributed by atoms with van der Waals surface area (Å²) in [5.41, 5.74) is 0.196. The highest BCUT2D eigenvalue weighted by Gasteiger charge is 2.39. The lowest BCUT2D eigenvalue weighted by atomic mass is 9.79. The van der Waals surface area contributed by atoms with E-state index in [1.165, 1.54) is 0 Å². The van der Waals surface area contributed by atoms with E-state index >= 15 is 0 Å². The molecule has 7 nitrogen and oxygen atoms in total. The Hall–Kier alpha value is -1.47. The molecule has 3 heterocycles. The summed E-state index contributed by atoms with van der Waals surface area (Å²) in [7, 11) is 2.10. The minimum atomic E-state index is 0.0980. The van der Waals surface area contributed by atoms with E-state index in [1.54, 1.807) is 6.33 Å². The lowest BCUT2D eigenvalue weighted by Crippen LogP contribution is -2.62. The lowest BCUT2D eigenvalue weighted by molar-refractivity contribution is 0.122. The third kappa shape index (κ3) is 3.95. The van der Waals surface area contributed by atoms with Crippen LogP contribution < -0.4 is 15.1 Å². The summed E-state index contributed by atoms with van der Waals surface area (Å²) in [6.45, 7) is 12.2. The van der Waals surface area contributed by atoms with Gasteiger partial charge in [0.1, 0.15) is 6.33 Å². The molecule has 1 N–H and O–H groups in total. The minimum absolute atomic E-state index is 0.0980. The number of nitrogens with one attached hydrogen (secondary N) is 1. The van der Waals surface area contributed by atoms with Gasteiger partial charge < -0.3 is 19.9 Å². The van der Waals surface area contributed by atoms with Crippen LogP contribution in [0.1, 0.15) is 40.5 Å². The number of aromatic nitrogens is 3. The number of ether oxygens (including phenoxy) is 1. The SMILES string of the molecule is CN(c1ncnc(N2CCOCC2)n1)C1CC(C)(C)NC(C)(C)C1. The van der Waals surface area contributed by atoms with Crippen LogP contribution in [0.25, 0.3) is 0 Å². The molecular weight excluding hydrogens is 304 g/mol. The maximum absolute atomic E-state index is 5.41. The Morgan fingerprint density at radius 1 is 1.12 bits per heavy atom. The second-order valence-corrected chi connectivity index (χ2v) is 8.25. The molecule has 1 aromatic rings. The van der Waals surface area contributed by atoms with Crippen LogP contribution in [0.4, 0.5) is 11.9 Å². The molecule has 0 saturated carbocycles. The molecule has 0 amide bonds. The summed E-state index contributed by atoms with van der Waals surface area (Å²) in [6.07, 6.45) is 3.75. The number of anilines is 2. The van der Waals surface area contributed by atoms with Crippen LogP contribution in [0.3, 0.4) is 0 Å². The molecule has 2 fully saturated rings. The summed E-state index contributed by atoms with van der Waals surface area (Å²) >= 11 is 0. The Labute approximate surface area is 144 Å². The molecule has 0 atom stereocenters. The second kappa shape index (κ2) is 6.44. The van der Waals surface area contributed by atoms with Crippen LogP contribution in [0.5, 0.6) is 0 Å². The fourth-order valence-corrected chi connectivity index (χ4v) is 4.07. The highest BCUT2D eigenvalue weighted by Crippen LogP contribution is 2.32. The molecular formula is C17H30N6O. The average molecular weight is 334 g/mol. The van der Waals surface area contributed by atoms with Gasteiger partial charge in [-0.25, -0.2) is 9.97 Å². The van der Waals surface area contributed by atoms with Gasteiger partial charge in [0.15, 0.2) is 0 Å². The summed E-state index contributed by atoms with van der Waals surface area (Å²) < 4.78 is 5.41. The molecule has 2 saturated heterocycles. The summed E-state index contributed by atoms with van der Waals surface area (Å²) in [4.78, 5) is 17.9. The molecule has 2 aliphatic heterocycles. The summed E-state index contributed by atoms with van der Waals surface area (Å²) in [5, 5.41) is 3.73. The maximum atomic E-state index is 5.41. The number of rotatable bonds is 3. The highest BCUT2D eigenvalue weighted by molar-refractivity contribution is 5.38. The van der Waals surface area contributed by atoms with E-state index in [9.17, 15) is 0 Å². The van der Waals surface area contributed by atoms with Crippen LogP contribution in [0, 0.1) is 0 Å². The molecule has 0 bridgehead atoms. The first-order valence-electron chi connectivity index (χ1n) is 8.80. The van der Waals surface area contributed by atoms with Gasteiger partial charge in [-0.3, -0.25) is 0 Å². The predicted octanol–water partition coefficient (Wildman–Crippen LogP) is 1.45. The quantitative estimate of drug-likeness (QED) is 0.897. The largest absolute Gasteiger partial charge is 0.378 e. The molecule has 24 heavy (non-hydrogen) atoms. The van der Waals surface area contributed by atoms with Crippen molar-refractivity contribution in [1.29, 1.82) is 0 Å². The highest BCUT2D eigenvalue weighted by atomic mass is 16.5. The zero-order chi connectivity index (χ0) is 17.4. The second-order valence-electron chi connectivity index (χ2n) is 8.25. The van der Waals surface area contributed by atoms with E-state index < -0.39 is 0 Å². The molecule has 0 aromatic carbocycles. The van der Waals surface area contributed by atoms with Crippen LogP contribution >= 0.6 is 0 Å². The monoisotopic (exact) mass is 334 g/mol. The van der Waals surface area contributed by atoms with Crippen molar-refractivity contribution < 1.29 is 4.74 Å². The van der Waals surface area contributed by atoms with Crippen molar-refractivity contribution in [3.63, 3.8) is 0 Å². The molecule has 2 aliphatic rings. The Kier molecular flexibility index (Phi) is 4.66. The minimum Gasteiger partial charge on any atom is -0.378 e. The fourth-order valence-electron chi connectivity index (χ4n) is 4.07. The van der Waals surface area contributed by atoms with E-state index in [1.807, 2.05) is 0 Å². The molecule has 1 aromatic heterocycles. The van der Waals surface area contributed by atoms with Gasteiger partial charge in [0.25, 0.3) is 0 Å². The Morgan fingerprint density at radius 3 is 2.38 bits per heavy atom. The number of hydrogen-bond donors (Lipinski definition) is 1. The Balaban J connectivity index is 1.78. The van der Waals surface area contributed by atoms with Gasteiger partial charge in [0.2, 0.25) is 11.9 Å². The summed E-state index contributed by atoms with van der Waals surface area (Å²) in [6, 6.07) is 0.399. The standard InChI is InChI=1S/C17H30N6O/c1-16(2)10-13(11-17(3,4)21-16)22(5)14-18-12-19-15(20-14)23-6-8-24-9-7-23/h12-13,21H,6-11H2,1-5H3. The summed E-state index contributed by atoms with van der Waals surface area (Å²) in [5.74, 6) is 1.51. The average Bonchev–Trinajstić information content (AvgIpc) is 2.52. The molecule has 0 unspecified atom stereocenters. The van der Waals surface area contributed by atoms with Crippen LogP contribution in [-0.2, 0) is 4.74 Å². The van der Waals surface area contributed by atoms with Crippen molar-refractivity contribution in [3.05, 3.63) is 6.33 Å². The van der Waals surface area contributed by atoms with Gasteiger partial charge in [-0.15, -0.1) is 0 Å². The van der Waals surface area contributed by atoms with Gasteiger partial charge in [0.05, 0.1) is 13.2 Å². The molecule has 0 spiro atoms. The van der Waals surface area contributed by atoms with Gasteiger partial charge >= 0.3 is 0 Å². The van der Waals surface area contributed by atoms with Crippen molar-refractivity contribution >= 4 is 11.9 Å². The van der Waals surface area contributed by atoms with Gasteiger partial charge in [-0.2, -0.15) is 4.98 Å². The Morgan fingerprint density at radius 2 is 1.75 bits per heavy atom. The number of hydrogen-bond acceptors (Lipinski definition) is 7. The number of piperidine rings is 1. The van der Waals surface area contributed by atoms with Gasteiger partial charge in [-0.1, -0.05) is 0 Å². The zero-order valence-corrected chi connectivity index (χ0v) is 15.5. The van der Waals surface area contributed by atoms with Crippen LogP contribution in [-0.4, -0.2) is 65.4 Å². The normalized spacial score (nSPS) is 24.0. The van der Waals surface area contributed by atoms with Crippen LogP contribution in [0.15, 0.2) is 6.33 Å². The van der Waals surface area contributed by atoms with E-state index in [2.05, 4.69) is 59.8 Å². The topological polar surface area (TPSA) is 66.4 Å². The van der Waals surface area contributed by atoms with Crippen molar-refractivity contribution in [2.24, 2.45) is 0 Å². The van der Waals surface area contributed by atoms with E-state index in [0.717, 1.165) is 51.0 Å². The van der Waals surface area contributed by atoms with Crippen LogP contribution in [0.2, 0.25) is 0 Å². The smallest absolute Gasteiger partial charge is 0.230 e. The predicted molar refractivity (Wildman–Crippen MR) is 95.6 cm³/mol. The van der Waals surface area contributed by atoms with Crippen molar-refractivity contribution in [1.82, 2.24) is 20.3 Å². The van der Waals surface area contributed by atoms with E-state index in [4.69, 9.17) is 9.72 Å². The van der Waals surface area contributed by atoms with E-state index in [0.29, 0.717) is 6.04 Å². The third-order valence-corrected chi connectivity index (χ3v) is 4.87. The zero-order valence-electron chi connectivity index (χ0n) is 15.5. The van der Waals surface area contributed by atoms with Gasteiger partial charge in [0, 0.05) is 37.3 Å².